The summed E-state index contributed by atoms with van der Waals surface area (Å²) in [7, 11) is 0. The Bertz CT molecular complexity index is 591. The molecule has 2 heterocycles. The smallest absolute Gasteiger partial charge is 0.267 e. The highest BCUT2D eigenvalue weighted by Gasteiger charge is 2.38. The van der Waals surface area contributed by atoms with Crippen molar-refractivity contribution in [1.82, 2.24) is 10.2 Å². The van der Waals surface area contributed by atoms with Crippen LogP contribution in [0.2, 0.25) is 0 Å². The highest BCUT2D eigenvalue weighted by Crippen LogP contribution is 2.42. The van der Waals surface area contributed by atoms with Crippen molar-refractivity contribution in [3.05, 3.63) is 26.9 Å². The van der Waals surface area contributed by atoms with Crippen LogP contribution in [-0.4, -0.2) is 22.1 Å². The van der Waals surface area contributed by atoms with Crippen molar-refractivity contribution in [1.29, 1.82) is 0 Å². The molecule has 0 unspecified atom stereocenters. The molecule has 1 amide bonds. The highest BCUT2D eigenvalue weighted by atomic mass is 32.1. The van der Waals surface area contributed by atoms with Crippen molar-refractivity contribution in [2.75, 3.05) is 5.32 Å². The van der Waals surface area contributed by atoms with Gasteiger partial charge in [-0.3, -0.25) is 10.1 Å². The Morgan fingerprint density at radius 2 is 2.33 bits per heavy atom. The van der Waals surface area contributed by atoms with E-state index in [1.165, 1.54) is 22.7 Å². The lowest BCUT2D eigenvalue weighted by molar-refractivity contribution is 0.102. The highest BCUT2D eigenvalue weighted by molar-refractivity contribution is 7.15. The van der Waals surface area contributed by atoms with E-state index in [-0.39, 0.29) is 11.9 Å². The average molecular weight is 280 g/mol. The van der Waals surface area contributed by atoms with Crippen molar-refractivity contribution in [2.45, 2.75) is 25.3 Å². The van der Waals surface area contributed by atoms with Gasteiger partial charge in [-0.15, -0.1) is 21.5 Å². The number of nitrogens with two attached hydrogens (primary N) is 1. The summed E-state index contributed by atoms with van der Waals surface area (Å²) in [4.78, 5) is 12.9. The van der Waals surface area contributed by atoms with E-state index in [1.54, 1.807) is 0 Å². The summed E-state index contributed by atoms with van der Waals surface area (Å²) in [6.45, 7) is 1.85. The molecule has 1 saturated carbocycles. The molecule has 0 aromatic carbocycles. The second kappa shape index (κ2) is 4.42. The van der Waals surface area contributed by atoms with Crippen LogP contribution >= 0.6 is 22.7 Å². The SMILES string of the molecule is Cc1nnc(NC(=O)c2sccc2[C@@H]2C[C@H]2N)s1. The van der Waals surface area contributed by atoms with E-state index in [4.69, 9.17) is 5.73 Å². The standard InChI is InChI=1S/C11H12N4OS2/c1-5-14-15-11(18-5)13-10(16)9-6(2-3-17-9)7-4-8(7)12/h2-3,7-8H,4,12H2,1H3,(H,13,15,16)/t7-,8+/m0/s1. The van der Waals surface area contributed by atoms with Gasteiger partial charge in [-0.2, -0.15) is 0 Å². The number of nitrogens with zero attached hydrogens (tertiary/aromatic N) is 2. The first-order chi connectivity index (χ1) is 8.65. The molecule has 1 aliphatic rings. The van der Waals surface area contributed by atoms with Crippen LogP contribution in [0.3, 0.4) is 0 Å². The Kier molecular flexibility index (Phi) is 2.89. The van der Waals surface area contributed by atoms with Crippen LogP contribution in [-0.2, 0) is 0 Å². The Labute approximate surface area is 112 Å². The number of nitrogens with one attached hydrogen (secondary N) is 1. The van der Waals surface area contributed by atoms with Gasteiger partial charge in [0.15, 0.2) is 0 Å². The van der Waals surface area contributed by atoms with Gasteiger partial charge < -0.3 is 5.73 Å². The molecule has 2 atom stereocenters. The molecule has 94 valence electrons. The number of hydrogen-bond donors (Lipinski definition) is 2. The van der Waals surface area contributed by atoms with Gasteiger partial charge in [0.2, 0.25) is 5.13 Å². The van der Waals surface area contributed by atoms with E-state index in [2.05, 4.69) is 15.5 Å². The molecule has 0 radical (unpaired) electrons. The first-order valence-corrected chi connectivity index (χ1v) is 7.29. The third-order valence-electron chi connectivity index (χ3n) is 2.89. The van der Waals surface area contributed by atoms with Crippen molar-refractivity contribution in [3.8, 4) is 0 Å². The summed E-state index contributed by atoms with van der Waals surface area (Å²) < 4.78 is 0. The molecule has 5 nitrogen and oxygen atoms in total. The molecule has 0 spiro atoms. The summed E-state index contributed by atoms with van der Waals surface area (Å²) in [5.74, 6) is 0.225. The van der Waals surface area contributed by atoms with Crippen LogP contribution < -0.4 is 11.1 Å². The molecule has 7 heteroatoms. The zero-order valence-electron chi connectivity index (χ0n) is 9.71. The summed E-state index contributed by atoms with van der Waals surface area (Å²) in [6, 6.07) is 2.19. The van der Waals surface area contributed by atoms with Crippen molar-refractivity contribution in [2.24, 2.45) is 5.73 Å². The Balaban J connectivity index is 1.78. The third-order valence-corrected chi connectivity index (χ3v) is 4.57. The normalized spacial score (nSPS) is 21.9. The van der Waals surface area contributed by atoms with Crippen molar-refractivity contribution >= 4 is 33.7 Å². The molecular weight excluding hydrogens is 268 g/mol. The fraction of sp³-hybridized carbons (Fsp3) is 0.364. The molecule has 0 bridgehead atoms. The molecule has 3 N–H and O–H groups in total. The zero-order chi connectivity index (χ0) is 12.7. The largest absolute Gasteiger partial charge is 0.327 e. The number of hydrogen-bond acceptors (Lipinski definition) is 6. The minimum absolute atomic E-state index is 0.116. The summed E-state index contributed by atoms with van der Waals surface area (Å²) in [5.41, 5.74) is 6.90. The minimum atomic E-state index is -0.116. The van der Waals surface area contributed by atoms with Gasteiger partial charge in [-0.1, -0.05) is 11.3 Å². The Morgan fingerprint density at radius 1 is 1.56 bits per heavy atom. The lowest BCUT2D eigenvalue weighted by Gasteiger charge is -2.02. The molecule has 0 saturated heterocycles. The van der Waals surface area contributed by atoms with Crippen LogP contribution in [0.5, 0.6) is 0 Å². The van der Waals surface area contributed by atoms with Crippen molar-refractivity contribution < 1.29 is 4.79 Å². The number of carbonyl (C=O) groups excluding carboxylic acids is 1. The van der Waals surface area contributed by atoms with Crippen LogP contribution in [0.4, 0.5) is 5.13 Å². The monoisotopic (exact) mass is 280 g/mol. The van der Waals surface area contributed by atoms with E-state index < -0.39 is 0 Å². The van der Waals surface area contributed by atoms with Crippen LogP contribution in [0.1, 0.15) is 32.6 Å². The summed E-state index contributed by atoms with van der Waals surface area (Å²) in [5, 5.41) is 13.8. The number of aromatic nitrogens is 2. The molecule has 0 aliphatic heterocycles. The van der Waals surface area contributed by atoms with Gasteiger partial charge in [0.05, 0.1) is 4.88 Å². The first kappa shape index (κ1) is 11.8. The van der Waals surface area contributed by atoms with Crippen LogP contribution in [0, 0.1) is 6.92 Å². The number of anilines is 1. The van der Waals surface area contributed by atoms with E-state index in [0.717, 1.165) is 21.9 Å². The number of aryl methyl sites for hydroxylation is 1. The third kappa shape index (κ3) is 2.16. The van der Waals surface area contributed by atoms with E-state index in [0.29, 0.717) is 11.0 Å². The first-order valence-electron chi connectivity index (χ1n) is 5.59. The topological polar surface area (TPSA) is 80.9 Å². The maximum Gasteiger partial charge on any atom is 0.267 e. The molecule has 3 rings (SSSR count). The zero-order valence-corrected chi connectivity index (χ0v) is 11.3. The number of carbonyl (C=O) groups is 1. The quantitative estimate of drug-likeness (QED) is 0.900. The lowest BCUT2D eigenvalue weighted by atomic mass is 10.1. The number of amides is 1. The lowest BCUT2D eigenvalue weighted by Crippen LogP contribution is -2.12. The predicted molar refractivity (Wildman–Crippen MR) is 72.3 cm³/mol. The van der Waals surface area contributed by atoms with Crippen LogP contribution in [0.15, 0.2) is 11.4 Å². The van der Waals surface area contributed by atoms with E-state index >= 15 is 0 Å². The summed E-state index contributed by atoms with van der Waals surface area (Å²) >= 11 is 2.81. The molecule has 2 aromatic rings. The van der Waals surface area contributed by atoms with Gasteiger partial charge in [-0.25, -0.2) is 0 Å². The minimum Gasteiger partial charge on any atom is -0.327 e. The maximum absolute atomic E-state index is 12.1. The van der Waals surface area contributed by atoms with Crippen molar-refractivity contribution in [3.63, 3.8) is 0 Å². The fourth-order valence-electron chi connectivity index (χ4n) is 1.87. The second-order valence-corrected chi connectivity index (χ2v) is 6.39. The molecule has 1 fully saturated rings. The maximum atomic E-state index is 12.1. The van der Waals surface area contributed by atoms with Gasteiger partial charge >= 0.3 is 0 Å². The van der Waals surface area contributed by atoms with Gasteiger partial charge in [-0.05, 0) is 30.4 Å². The average Bonchev–Trinajstić information content (AvgIpc) is 2.79. The molecule has 18 heavy (non-hydrogen) atoms. The Hall–Kier alpha value is -1.31. The summed E-state index contributed by atoms with van der Waals surface area (Å²) in [6.07, 6.45) is 0.967. The van der Waals surface area contributed by atoms with E-state index in [1.807, 2.05) is 18.4 Å². The van der Waals surface area contributed by atoms with Gasteiger partial charge in [0.25, 0.3) is 5.91 Å². The van der Waals surface area contributed by atoms with E-state index in [9.17, 15) is 4.79 Å². The number of rotatable bonds is 3. The van der Waals surface area contributed by atoms with Gasteiger partial charge in [0, 0.05) is 12.0 Å². The fourth-order valence-corrected chi connectivity index (χ4v) is 3.32. The predicted octanol–water partition coefficient (Wildman–Crippen LogP) is 1.97. The van der Waals surface area contributed by atoms with Gasteiger partial charge in [0.1, 0.15) is 5.01 Å². The second-order valence-electron chi connectivity index (χ2n) is 4.29. The molecular formula is C11H12N4OS2. The molecule has 2 aromatic heterocycles. The molecule has 1 aliphatic carbocycles. The van der Waals surface area contributed by atoms with Crippen LogP contribution in [0.25, 0.3) is 0 Å². The Morgan fingerprint density at radius 3 is 2.94 bits per heavy atom. The number of thiophene rings is 1.